The number of carbonyl (C=O) groups is 1. The first-order valence-corrected chi connectivity index (χ1v) is 6.05. The molecule has 2 aromatic carbocycles. The fraction of sp³-hybridized carbons (Fsp3) is 0.0667. The molecule has 0 saturated carbocycles. The van der Waals surface area contributed by atoms with Gasteiger partial charge in [0.15, 0.2) is 0 Å². The van der Waals surface area contributed by atoms with Gasteiger partial charge in [-0.1, -0.05) is 18.2 Å². The standard InChI is InChI=1S/C15H12N2O3/c1-20-10-5-2-4-9(8-10)14-13-11(15(18)19)6-3-7-12(13)16-17-14/h2-8H,1H3,(H,16,17)(H,18,19). The number of aromatic nitrogens is 2. The van der Waals surface area contributed by atoms with E-state index in [0.717, 1.165) is 5.56 Å². The number of H-pyrrole nitrogens is 1. The fourth-order valence-corrected chi connectivity index (χ4v) is 2.23. The van der Waals surface area contributed by atoms with Gasteiger partial charge >= 0.3 is 5.97 Å². The van der Waals surface area contributed by atoms with Gasteiger partial charge in [-0.25, -0.2) is 4.79 Å². The molecule has 0 aliphatic heterocycles. The number of carboxylic acid groups (broad SMARTS) is 1. The van der Waals surface area contributed by atoms with E-state index in [0.29, 0.717) is 22.3 Å². The van der Waals surface area contributed by atoms with Crippen molar-refractivity contribution in [3.05, 3.63) is 48.0 Å². The highest BCUT2D eigenvalue weighted by Crippen LogP contribution is 2.30. The number of nitrogens with zero attached hydrogens (tertiary/aromatic N) is 1. The van der Waals surface area contributed by atoms with Crippen molar-refractivity contribution >= 4 is 16.9 Å². The van der Waals surface area contributed by atoms with Gasteiger partial charge in [0.1, 0.15) is 11.4 Å². The van der Waals surface area contributed by atoms with Crippen LogP contribution in [0.2, 0.25) is 0 Å². The van der Waals surface area contributed by atoms with Crippen molar-refractivity contribution in [2.24, 2.45) is 0 Å². The van der Waals surface area contributed by atoms with Crippen LogP contribution in [0.4, 0.5) is 0 Å². The zero-order chi connectivity index (χ0) is 14.1. The van der Waals surface area contributed by atoms with Crippen LogP contribution in [0.15, 0.2) is 42.5 Å². The zero-order valence-corrected chi connectivity index (χ0v) is 10.8. The fourth-order valence-electron chi connectivity index (χ4n) is 2.23. The maximum atomic E-state index is 11.4. The molecule has 0 radical (unpaired) electrons. The Hall–Kier alpha value is -2.82. The van der Waals surface area contributed by atoms with Crippen LogP contribution < -0.4 is 4.74 Å². The third-order valence-electron chi connectivity index (χ3n) is 3.16. The van der Waals surface area contributed by atoms with Crippen LogP contribution >= 0.6 is 0 Å². The largest absolute Gasteiger partial charge is 0.497 e. The molecule has 0 atom stereocenters. The van der Waals surface area contributed by atoms with Gasteiger partial charge in [-0.2, -0.15) is 5.10 Å². The smallest absolute Gasteiger partial charge is 0.336 e. The van der Waals surface area contributed by atoms with Crippen molar-refractivity contribution in [1.82, 2.24) is 10.2 Å². The molecule has 0 saturated heterocycles. The van der Waals surface area contributed by atoms with Crippen molar-refractivity contribution in [3.8, 4) is 17.0 Å². The minimum atomic E-state index is -0.971. The molecule has 0 unspecified atom stereocenters. The third kappa shape index (κ3) is 1.89. The van der Waals surface area contributed by atoms with Gasteiger partial charge < -0.3 is 9.84 Å². The number of nitrogens with one attached hydrogen (secondary N) is 1. The zero-order valence-electron chi connectivity index (χ0n) is 10.8. The van der Waals surface area contributed by atoms with Crippen molar-refractivity contribution in [3.63, 3.8) is 0 Å². The summed E-state index contributed by atoms with van der Waals surface area (Å²) in [5, 5.41) is 17.0. The monoisotopic (exact) mass is 268 g/mol. The van der Waals surface area contributed by atoms with E-state index in [-0.39, 0.29) is 5.56 Å². The second-order valence-electron chi connectivity index (χ2n) is 4.34. The topological polar surface area (TPSA) is 75.2 Å². The van der Waals surface area contributed by atoms with Crippen LogP contribution in [-0.2, 0) is 0 Å². The first kappa shape index (κ1) is 12.2. The van der Waals surface area contributed by atoms with E-state index >= 15 is 0 Å². The van der Waals surface area contributed by atoms with Gasteiger partial charge in [-0.3, -0.25) is 5.10 Å². The molecule has 20 heavy (non-hydrogen) atoms. The Morgan fingerprint density at radius 3 is 2.80 bits per heavy atom. The lowest BCUT2D eigenvalue weighted by atomic mass is 10.0. The van der Waals surface area contributed by atoms with Crippen LogP contribution in [0.25, 0.3) is 22.2 Å². The maximum absolute atomic E-state index is 11.4. The Balaban J connectivity index is 2.28. The molecule has 0 amide bonds. The molecular weight excluding hydrogens is 256 g/mol. The molecule has 0 spiro atoms. The molecule has 1 heterocycles. The number of fused-ring (bicyclic) bond motifs is 1. The number of rotatable bonds is 3. The first-order chi connectivity index (χ1) is 9.70. The van der Waals surface area contributed by atoms with Crippen molar-refractivity contribution < 1.29 is 14.6 Å². The summed E-state index contributed by atoms with van der Waals surface area (Å²) < 4.78 is 5.19. The second kappa shape index (κ2) is 4.70. The van der Waals surface area contributed by atoms with Gasteiger partial charge in [0, 0.05) is 10.9 Å². The lowest BCUT2D eigenvalue weighted by Crippen LogP contribution is -1.97. The SMILES string of the molecule is COc1cccc(-c2n[nH]c3cccc(C(=O)O)c23)c1. The van der Waals surface area contributed by atoms with Crippen LogP contribution in [0.5, 0.6) is 5.75 Å². The molecule has 3 rings (SSSR count). The molecule has 2 N–H and O–H groups in total. The van der Waals surface area contributed by atoms with Crippen LogP contribution in [0.1, 0.15) is 10.4 Å². The molecule has 0 fully saturated rings. The minimum Gasteiger partial charge on any atom is -0.497 e. The van der Waals surface area contributed by atoms with E-state index in [1.807, 2.05) is 24.3 Å². The molecular formula is C15H12N2O3. The van der Waals surface area contributed by atoms with Crippen LogP contribution in [0, 0.1) is 0 Å². The number of methoxy groups -OCH3 is 1. The first-order valence-electron chi connectivity index (χ1n) is 6.05. The summed E-state index contributed by atoms with van der Waals surface area (Å²) in [5.74, 6) is -0.271. The Kier molecular flexibility index (Phi) is 2.87. The Labute approximate surface area is 114 Å². The molecule has 100 valence electrons. The van der Waals surface area contributed by atoms with Crippen molar-refractivity contribution in [2.75, 3.05) is 7.11 Å². The normalized spacial score (nSPS) is 10.7. The summed E-state index contributed by atoms with van der Waals surface area (Å²) in [6, 6.07) is 12.4. The number of hydrogen-bond acceptors (Lipinski definition) is 3. The van der Waals surface area contributed by atoms with Gasteiger partial charge in [0.2, 0.25) is 0 Å². The highest BCUT2D eigenvalue weighted by molar-refractivity contribution is 6.08. The van der Waals surface area contributed by atoms with E-state index < -0.39 is 5.97 Å². The number of benzene rings is 2. The Morgan fingerprint density at radius 2 is 2.05 bits per heavy atom. The highest BCUT2D eigenvalue weighted by atomic mass is 16.5. The molecule has 0 aliphatic carbocycles. The lowest BCUT2D eigenvalue weighted by Gasteiger charge is -2.04. The summed E-state index contributed by atoms with van der Waals surface area (Å²) in [6.45, 7) is 0. The van der Waals surface area contributed by atoms with E-state index in [9.17, 15) is 9.90 Å². The Morgan fingerprint density at radius 1 is 1.25 bits per heavy atom. The van der Waals surface area contributed by atoms with E-state index in [4.69, 9.17) is 4.74 Å². The quantitative estimate of drug-likeness (QED) is 0.765. The molecule has 3 aromatic rings. The van der Waals surface area contributed by atoms with E-state index in [1.165, 1.54) is 0 Å². The van der Waals surface area contributed by atoms with Crippen molar-refractivity contribution in [1.29, 1.82) is 0 Å². The number of aromatic carboxylic acids is 1. The predicted octanol–water partition coefficient (Wildman–Crippen LogP) is 2.94. The second-order valence-corrected chi connectivity index (χ2v) is 4.34. The minimum absolute atomic E-state index is 0.231. The summed E-state index contributed by atoms with van der Waals surface area (Å²) in [6.07, 6.45) is 0. The van der Waals surface area contributed by atoms with Crippen LogP contribution in [0.3, 0.4) is 0 Å². The molecule has 0 aliphatic rings. The number of ether oxygens (including phenoxy) is 1. The highest BCUT2D eigenvalue weighted by Gasteiger charge is 2.16. The molecule has 5 heteroatoms. The van der Waals surface area contributed by atoms with E-state index in [1.54, 1.807) is 25.3 Å². The summed E-state index contributed by atoms with van der Waals surface area (Å²) in [5.41, 5.74) is 2.35. The molecule has 5 nitrogen and oxygen atoms in total. The number of aromatic amines is 1. The summed E-state index contributed by atoms with van der Waals surface area (Å²) in [7, 11) is 1.59. The maximum Gasteiger partial charge on any atom is 0.336 e. The Bertz CT molecular complexity index is 793. The average Bonchev–Trinajstić information content (AvgIpc) is 2.91. The van der Waals surface area contributed by atoms with Crippen molar-refractivity contribution in [2.45, 2.75) is 0 Å². The average molecular weight is 268 g/mol. The molecule has 1 aromatic heterocycles. The molecule has 0 bridgehead atoms. The van der Waals surface area contributed by atoms with Gasteiger partial charge in [0.05, 0.1) is 18.2 Å². The summed E-state index contributed by atoms with van der Waals surface area (Å²) in [4.78, 5) is 11.4. The third-order valence-corrected chi connectivity index (χ3v) is 3.16. The lowest BCUT2D eigenvalue weighted by molar-refractivity contribution is 0.0699. The number of carboxylic acids is 1. The van der Waals surface area contributed by atoms with Gasteiger partial charge in [0.25, 0.3) is 0 Å². The van der Waals surface area contributed by atoms with Gasteiger partial charge in [-0.15, -0.1) is 0 Å². The van der Waals surface area contributed by atoms with Gasteiger partial charge in [-0.05, 0) is 24.3 Å². The predicted molar refractivity (Wildman–Crippen MR) is 75.0 cm³/mol. The van der Waals surface area contributed by atoms with E-state index in [2.05, 4.69) is 10.2 Å². The summed E-state index contributed by atoms with van der Waals surface area (Å²) >= 11 is 0. The number of hydrogen-bond donors (Lipinski definition) is 2. The van der Waals surface area contributed by atoms with Crippen LogP contribution in [-0.4, -0.2) is 28.4 Å².